The zero-order chi connectivity index (χ0) is 15.7. The molecule has 0 saturated heterocycles. The van der Waals surface area contributed by atoms with Crippen LogP contribution in [0.15, 0.2) is 60.7 Å². The molecule has 0 radical (unpaired) electrons. The van der Waals surface area contributed by atoms with Gasteiger partial charge in [0, 0.05) is 0 Å². The van der Waals surface area contributed by atoms with Crippen molar-refractivity contribution in [3.05, 3.63) is 82.9 Å². The number of aryl methyl sites for hydroxylation is 4. The second-order valence-electron chi connectivity index (χ2n) is 6.10. The van der Waals surface area contributed by atoms with Gasteiger partial charge in [-0.2, -0.15) is 24.3 Å². The van der Waals surface area contributed by atoms with Crippen molar-refractivity contribution in [1.82, 2.24) is 0 Å². The molecule has 4 aromatic carbocycles. The van der Waals surface area contributed by atoms with Gasteiger partial charge in [-0.3, -0.25) is 0 Å². The summed E-state index contributed by atoms with van der Waals surface area (Å²) in [5, 5.41) is 5.57. The molecule has 0 unspecified atom stereocenters. The monoisotopic (exact) mass is 414 g/mol. The van der Waals surface area contributed by atoms with Crippen molar-refractivity contribution < 1.29 is 35.6 Å². The Labute approximate surface area is 167 Å². The molecule has 0 aliphatic rings. The summed E-state index contributed by atoms with van der Waals surface area (Å²) in [6.07, 6.45) is 0. The van der Waals surface area contributed by atoms with Crippen molar-refractivity contribution in [2.24, 2.45) is 0 Å². The van der Waals surface area contributed by atoms with Crippen LogP contribution in [0.2, 0.25) is 0 Å². The molecule has 0 atom stereocenters. The molecular formula is C22H22F2Zr. The zero-order valence-electron chi connectivity index (χ0n) is 15.0. The van der Waals surface area contributed by atoms with Crippen LogP contribution in [-0.4, -0.2) is 0 Å². The topological polar surface area (TPSA) is 0 Å². The van der Waals surface area contributed by atoms with Crippen molar-refractivity contribution in [3.63, 3.8) is 0 Å². The molecule has 128 valence electrons. The Hall–Kier alpha value is -1.60. The van der Waals surface area contributed by atoms with E-state index in [1.807, 2.05) is 0 Å². The molecule has 0 aliphatic heterocycles. The first kappa shape index (κ1) is 23.4. The Balaban J connectivity index is 0.000000411. The fraction of sp³-hybridized carbons (Fsp3) is 0.182. The van der Waals surface area contributed by atoms with Crippen molar-refractivity contribution in [2.75, 3.05) is 0 Å². The Kier molecular flexibility index (Phi) is 9.15. The minimum absolute atomic E-state index is 0. The maximum absolute atomic E-state index is 2.18. The van der Waals surface area contributed by atoms with Gasteiger partial charge in [-0.15, -0.1) is 56.9 Å². The van der Waals surface area contributed by atoms with E-state index in [9.17, 15) is 0 Å². The fourth-order valence-electron chi connectivity index (χ4n) is 3.07. The first-order chi connectivity index (χ1) is 10.6. The van der Waals surface area contributed by atoms with Crippen molar-refractivity contribution in [1.29, 1.82) is 0 Å². The molecule has 3 heteroatoms. The smallest absolute Gasteiger partial charge is 1.00 e. The van der Waals surface area contributed by atoms with E-state index in [0.29, 0.717) is 0 Å². The average molecular weight is 416 g/mol. The Morgan fingerprint density at radius 1 is 0.520 bits per heavy atom. The van der Waals surface area contributed by atoms with Crippen LogP contribution in [0, 0.1) is 27.7 Å². The van der Waals surface area contributed by atoms with Crippen LogP contribution in [0.1, 0.15) is 22.3 Å². The summed E-state index contributed by atoms with van der Waals surface area (Å²) in [6.45, 7) is 8.62. The molecule has 0 aliphatic carbocycles. The third kappa shape index (κ3) is 4.73. The quantitative estimate of drug-likeness (QED) is 0.364. The normalized spacial score (nSPS) is 9.44. The summed E-state index contributed by atoms with van der Waals surface area (Å²) in [5.41, 5.74) is 5.48. The van der Waals surface area contributed by atoms with Crippen LogP contribution in [0.25, 0.3) is 21.5 Å². The van der Waals surface area contributed by atoms with Gasteiger partial charge in [0.1, 0.15) is 0 Å². The van der Waals surface area contributed by atoms with Gasteiger partial charge in [-0.1, -0.05) is 37.1 Å². The van der Waals surface area contributed by atoms with E-state index in [2.05, 4.69) is 88.4 Å². The zero-order valence-corrected chi connectivity index (χ0v) is 17.5. The number of hydrogen-bond acceptors (Lipinski definition) is 0. The molecule has 0 nitrogen and oxygen atoms in total. The summed E-state index contributed by atoms with van der Waals surface area (Å²) in [5.74, 6) is 0. The Morgan fingerprint density at radius 2 is 0.840 bits per heavy atom. The van der Waals surface area contributed by atoms with Gasteiger partial charge in [0.25, 0.3) is 0 Å². The van der Waals surface area contributed by atoms with E-state index in [0.717, 1.165) is 0 Å². The molecule has 0 N–H and O–H groups in total. The SMILES string of the molecule is Cc1ccc(C)c2[cH-]ccc12.Cc1ccc(C)c2[cH-]ccc12.[F-].[F-].[Zr+4]. The van der Waals surface area contributed by atoms with Crippen LogP contribution >= 0.6 is 0 Å². The molecule has 0 amide bonds. The van der Waals surface area contributed by atoms with Crippen LogP contribution in [-0.2, 0) is 26.2 Å². The third-order valence-electron chi connectivity index (χ3n) is 4.50. The molecule has 4 aromatic rings. The van der Waals surface area contributed by atoms with Crippen molar-refractivity contribution >= 4 is 21.5 Å². The summed E-state index contributed by atoms with van der Waals surface area (Å²) in [6, 6.07) is 21.7. The van der Waals surface area contributed by atoms with Gasteiger partial charge >= 0.3 is 26.2 Å². The number of halogens is 2. The van der Waals surface area contributed by atoms with Gasteiger partial charge < -0.3 is 9.41 Å². The van der Waals surface area contributed by atoms with Crippen LogP contribution < -0.4 is 9.41 Å². The molecule has 4 rings (SSSR count). The minimum atomic E-state index is 0. The summed E-state index contributed by atoms with van der Waals surface area (Å²) < 4.78 is 0. The van der Waals surface area contributed by atoms with Gasteiger partial charge in [-0.05, 0) is 13.8 Å². The van der Waals surface area contributed by atoms with E-state index in [1.54, 1.807) is 0 Å². The number of hydrogen-bond donors (Lipinski definition) is 0. The second-order valence-corrected chi connectivity index (χ2v) is 6.10. The van der Waals surface area contributed by atoms with E-state index >= 15 is 0 Å². The predicted octanol–water partition coefficient (Wildman–Crippen LogP) is 0.357. The number of rotatable bonds is 0. The Morgan fingerprint density at radius 3 is 1.16 bits per heavy atom. The maximum Gasteiger partial charge on any atom is 4.00 e. The third-order valence-corrected chi connectivity index (χ3v) is 4.50. The van der Waals surface area contributed by atoms with Crippen LogP contribution in [0.5, 0.6) is 0 Å². The van der Waals surface area contributed by atoms with Gasteiger partial charge in [0.05, 0.1) is 0 Å². The largest absolute Gasteiger partial charge is 4.00 e. The average Bonchev–Trinajstić information content (AvgIpc) is 3.17. The first-order valence-electron chi connectivity index (χ1n) is 7.81. The molecule has 0 bridgehead atoms. The number of benzene rings is 2. The van der Waals surface area contributed by atoms with E-state index in [4.69, 9.17) is 0 Å². The van der Waals surface area contributed by atoms with Crippen molar-refractivity contribution in [2.45, 2.75) is 27.7 Å². The molecule has 0 heterocycles. The van der Waals surface area contributed by atoms with Crippen molar-refractivity contribution in [3.8, 4) is 0 Å². The minimum Gasteiger partial charge on any atom is -1.00 e. The molecule has 0 spiro atoms. The second kappa shape index (κ2) is 9.77. The first-order valence-corrected chi connectivity index (χ1v) is 7.81. The van der Waals surface area contributed by atoms with Gasteiger partial charge in [0.2, 0.25) is 0 Å². The summed E-state index contributed by atoms with van der Waals surface area (Å²) in [4.78, 5) is 0. The van der Waals surface area contributed by atoms with Crippen LogP contribution in [0.4, 0.5) is 0 Å². The molecule has 0 aromatic heterocycles. The Bertz CT molecular complexity index is 782. The molecule has 0 saturated carbocycles. The van der Waals surface area contributed by atoms with Crippen LogP contribution in [0.3, 0.4) is 0 Å². The number of fused-ring (bicyclic) bond motifs is 2. The fourth-order valence-corrected chi connectivity index (χ4v) is 3.07. The molecule has 0 fully saturated rings. The summed E-state index contributed by atoms with van der Waals surface area (Å²) >= 11 is 0. The van der Waals surface area contributed by atoms with E-state index in [-0.39, 0.29) is 35.6 Å². The van der Waals surface area contributed by atoms with E-state index in [1.165, 1.54) is 43.8 Å². The molecular weight excluding hydrogens is 393 g/mol. The van der Waals surface area contributed by atoms with E-state index < -0.39 is 0 Å². The maximum atomic E-state index is 2.18. The predicted molar refractivity (Wildman–Crippen MR) is 98.0 cm³/mol. The van der Waals surface area contributed by atoms with Gasteiger partial charge in [0.15, 0.2) is 0 Å². The molecule has 25 heavy (non-hydrogen) atoms. The van der Waals surface area contributed by atoms with Gasteiger partial charge in [-0.25, -0.2) is 0 Å². The standard InChI is InChI=1S/2C11H11.2FH.Zr/c2*1-8-6-7-9(2)11-5-3-4-10(8)11;;;/h2*3-7H,1-2H3;2*1H;/q2*-1;;;+4/p-2. The summed E-state index contributed by atoms with van der Waals surface area (Å²) in [7, 11) is 0.